The molecule has 2 aromatic heterocycles. The lowest BCUT2D eigenvalue weighted by Gasteiger charge is -2.13. The molecule has 126 valence electrons. The fourth-order valence-electron chi connectivity index (χ4n) is 2.56. The van der Waals surface area contributed by atoms with Gasteiger partial charge in [-0.25, -0.2) is 4.98 Å². The van der Waals surface area contributed by atoms with E-state index in [1.165, 1.54) is 0 Å². The number of amides is 1. The van der Waals surface area contributed by atoms with Gasteiger partial charge >= 0.3 is 0 Å². The van der Waals surface area contributed by atoms with E-state index in [-0.39, 0.29) is 11.3 Å². The van der Waals surface area contributed by atoms with Gasteiger partial charge in [-0.15, -0.1) is 0 Å². The van der Waals surface area contributed by atoms with Crippen LogP contribution in [0.1, 0.15) is 42.8 Å². The minimum absolute atomic E-state index is 0.0788. The fourth-order valence-corrected chi connectivity index (χ4v) is 2.56. The van der Waals surface area contributed by atoms with Crippen LogP contribution in [0.5, 0.6) is 0 Å². The van der Waals surface area contributed by atoms with Gasteiger partial charge in [0.25, 0.3) is 5.91 Å². The Morgan fingerprint density at radius 1 is 1.29 bits per heavy atom. The van der Waals surface area contributed by atoms with Crippen molar-refractivity contribution < 1.29 is 4.79 Å². The summed E-state index contributed by atoms with van der Waals surface area (Å²) in [5, 5.41) is 7.37. The van der Waals surface area contributed by atoms with Gasteiger partial charge in [-0.1, -0.05) is 32.9 Å². The fraction of sp³-hybridized carbons (Fsp3) is 0.389. The Morgan fingerprint density at radius 2 is 2.04 bits per heavy atom. The zero-order valence-electron chi connectivity index (χ0n) is 14.6. The highest BCUT2D eigenvalue weighted by atomic mass is 16.2. The molecule has 6 nitrogen and oxygen atoms in total. The van der Waals surface area contributed by atoms with Crippen molar-refractivity contribution in [3.63, 3.8) is 0 Å². The van der Waals surface area contributed by atoms with E-state index in [0.717, 1.165) is 22.6 Å². The number of nitrogens with zero attached hydrogens (tertiary/aromatic N) is 3. The molecule has 0 saturated carbocycles. The minimum atomic E-state index is -0.114. The van der Waals surface area contributed by atoms with Crippen LogP contribution in [0, 0.1) is 0 Å². The molecule has 24 heavy (non-hydrogen) atoms. The van der Waals surface area contributed by atoms with Crippen molar-refractivity contribution in [2.24, 2.45) is 7.05 Å². The summed E-state index contributed by atoms with van der Waals surface area (Å²) in [4.78, 5) is 20.1. The van der Waals surface area contributed by atoms with Crippen molar-refractivity contribution in [3.05, 3.63) is 47.5 Å². The number of benzene rings is 1. The molecule has 2 heterocycles. The number of hydrogen-bond acceptors (Lipinski definition) is 3. The predicted octanol–water partition coefficient (Wildman–Crippen LogP) is 2.57. The van der Waals surface area contributed by atoms with Gasteiger partial charge < -0.3 is 10.3 Å². The summed E-state index contributed by atoms with van der Waals surface area (Å²) in [7, 11) is 1.80. The van der Waals surface area contributed by atoms with Gasteiger partial charge in [0.2, 0.25) is 0 Å². The van der Waals surface area contributed by atoms with Gasteiger partial charge in [-0.3, -0.25) is 9.48 Å². The Hall–Kier alpha value is -2.63. The topological polar surface area (TPSA) is 75.6 Å². The average molecular weight is 325 g/mol. The second-order valence-corrected chi connectivity index (χ2v) is 6.99. The Kier molecular flexibility index (Phi) is 4.13. The van der Waals surface area contributed by atoms with Gasteiger partial charge in [-0.05, 0) is 18.2 Å². The molecule has 0 saturated heterocycles. The first kappa shape index (κ1) is 16.2. The Bertz CT molecular complexity index is 836. The van der Waals surface area contributed by atoms with E-state index in [2.05, 4.69) is 41.2 Å². The van der Waals surface area contributed by atoms with Crippen LogP contribution in [0.25, 0.3) is 11.0 Å². The molecule has 0 fully saturated rings. The number of nitrogens with one attached hydrogen (secondary N) is 2. The molecule has 3 rings (SSSR count). The third-order valence-corrected chi connectivity index (χ3v) is 3.97. The van der Waals surface area contributed by atoms with Gasteiger partial charge in [-0.2, -0.15) is 5.10 Å². The van der Waals surface area contributed by atoms with Crippen LogP contribution in [0.4, 0.5) is 0 Å². The summed E-state index contributed by atoms with van der Waals surface area (Å²) in [6.07, 6.45) is 0.657. The number of para-hydroxylation sites is 2. The summed E-state index contributed by atoms with van der Waals surface area (Å²) < 4.78 is 1.64. The highest BCUT2D eigenvalue weighted by Gasteiger charge is 2.21. The summed E-state index contributed by atoms with van der Waals surface area (Å²) in [6, 6.07) is 9.76. The van der Waals surface area contributed by atoms with Crippen LogP contribution in [-0.4, -0.2) is 32.2 Å². The molecule has 6 heteroatoms. The molecule has 0 atom stereocenters. The second kappa shape index (κ2) is 6.11. The molecule has 0 spiro atoms. The van der Waals surface area contributed by atoms with E-state index in [1.54, 1.807) is 11.7 Å². The molecular weight excluding hydrogens is 302 g/mol. The quantitative estimate of drug-likeness (QED) is 0.774. The average Bonchev–Trinajstić information content (AvgIpc) is 3.09. The van der Waals surface area contributed by atoms with Crippen LogP contribution < -0.4 is 5.32 Å². The predicted molar refractivity (Wildman–Crippen MR) is 94.0 cm³/mol. The smallest absolute Gasteiger partial charge is 0.269 e. The highest BCUT2D eigenvalue weighted by molar-refractivity contribution is 5.92. The number of aromatic nitrogens is 4. The largest absolute Gasteiger partial charge is 0.350 e. The van der Waals surface area contributed by atoms with Crippen LogP contribution in [0.15, 0.2) is 30.3 Å². The third-order valence-electron chi connectivity index (χ3n) is 3.97. The number of carbonyl (C=O) groups excluding carboxylic acids is 1. The summed E-state index contributed by atoms with van der Waals surface area (Å²) >= 11 is 0. The van der Waals surface area contributed by atoms with Crippen molar-refractivity contribution >= 4 is 16.9 Å². The van der Waals surface area contributed by atoms with Crippen molar-refractivity contribution in [1.82, 2.24) is 25.1 Å². The summed E-state index contributed by atoms with van der Waals surface area (Å²) in [5.41, 5.74) is 3.36. The monoisotopic (exact) mass is 325 g/mol. The number of aromatic amines is 1. The molecule has 0 aliphatic rings. The van der Waals surface area contributed by atoms with Gasteiger partial charge in [0.1, 0.15) is 11.5 Å². The zero-order valence-corrected chi connectivity index (χ0v) is 14.6. The highest BCUT2D eigenvalue weighted by Crippen LogP contribution is 2.21. The third kappa shape index (κ3) is 3.32. The maximum Gasteiger partial charge on any atom is 0.269 e. The summed E-state index contributed by atoms with van der Waals surface area (Å²) in [5.74, 6) is 0.758. The zero-order chi connectivity index (χ0) is 17.3. The number of H-pyrrole nitrogens is 1. The van der Waals surface area contributed by atoms with E-state index < -0.39 is 0 Å². The molecule has 0 aliphatic carbocycles. The van der Waals surface area contributed by atoms with Crippen LogP contribution in [0.2, 0.25) is 0 Å². The Labute approximate surface area is 141 Å². The lowest BCUT2D eigenvalue weighted by Crippen LogP contribution is -2.27. The molecule has 0 radical (unpaired) electrons. The number of rotatable bonds is 4. The van der Waals surface area contributed by atoms with Crippen molar-refractivity contribution in [3.8, 4) is 0 Å². The van der Waals surface area contributed by atoms with Crippen LogP contribution in [0.3, 0.4) is 0 Å². The van der Waals surface area contributed by atoms with Crippen molar-refractivity contribution in [1.29, 1.82) is 0 Å². The SMILES string of the molecule is Cn1nc(C(C)(C)C)cc1C(=O)NCCc1nc2ccccc2[nH]1. The number of imidazole rings is 1. The maximum absolute atomic E-state index is 12.4. The molecule has 3 aromatic rings. The van der Waals surface area contributed by atoms with Crippen LogP contribution >= 0.6 is 0 Å². The van der Waals surface area contributed by atoms with E-state index >= 15 is 0 Å². The maximum atomic E-state index is 12.4. The van der Waals surface area contributed by atoms with E-state index in [0.29, 0.717) is 18.7 Å². The lowest BCUT2D eigenvalue weighted by atomic mass is 9.92. The van der Waals surface area contributed by atoms with Crippen LogP contribution in [-0.2, 0) is 18.9 Å². The number of aryl methyl sites for hydroxylation is 1. The molecular formula is C18H23N5O. The van der Waals surface area contributed by atoms with Gasteiger partial charge in [0, 0.05) is 25.4 Å². The molecule has 0 bridgehead atoms. The Balaban J connectivity index is 1.62. The van der Waals surface area contributed by atoms with Gasteiger partial charge in [0.05, 0.1) is 16.7 Å². The van der Waals surface area contributed by atoms with E-state index in [4.69, 9.17) is 0 Å². The molecule has 1 aromatic carbocycles. The normalized spacial score (nSPS) is 11.8. The standard InChI is InChI=1S/C18H23N5O/c1-18(2,3)15-11-14(23(4)22-15)17(24)19-10-9-16-20-12-7-5-6-8-13(12)21-16/h5-8,11H,9-10H2,1-4H3,(H,19,24)(H,20,21). The van der Waals surface area contributed by atoms with E-state index in [1.807, 2.05) is 30.3 Å². The first-order valence-corrected chi connectivity index (χ1v) is 8.11. The molecule has 1 amide bonds. The number of carbonyl (C=O) groups is 1. The molecule has 2 N–H and O–H groups in total. The second-order valence-electron chi connectivity index (χ2n) is 6.99. The number of fused-ring (bicyclic) bond motifs is 1. The first-order valence-electron chi connectivity index (χ1n) is 8.11. The van der Waals surface area contributed by atoms with Crippen molar-refractivity contribution in [2.75, 3.05) is 6.54 Å². The van der Waals surface area contributed by atoms with Gasteiger partial charge in [0.15, 0.2) is 0 Å². The lowest BCUT2D eigenvalue weighted by molar-refractivity contribution is 0.0944. The number of hydrogen-bond donors (Lipinski definition) is 2. The Morgan fingerprint density at radius 3 is 2.71 bits per heavy atom. The molecule has 0 aliphatic heterocycles. The van der Waals surface area contributed by atoms with E-state index in [9.17, 15) is 4.79 Å². The van der Waals surface area contributed by atoms with Crippen molar-refractivity contribution in [2.45, 2.75) is 32.6 Å². The first-order chi connectivity index (χ1) is 11.3. The summed E-state index contributed by atoms with van der Waals surface area (Å²) in [6.45, 7) is 6.77. The minimum Gasteiger partial charge on any atom is -0.350 e. The molecule has 0 unspecified atom stereocenters.